The summed E-state index contributed by atoms with van der Waals surface area (Å²) < 4.78 is 2.67. The number of benzene rings is 2. The molecule has 0 unspecified atom stereocenters. The quantitative estimate of drug-likeness (QED) is 0.475. The lowest BCUT2D eigenvalue weighted by Crippen LogP contribution is -2.14. The van der Waals surface area contributed by atoms with Crippen molar-refractivity contribution in [3.63, 3.8) is 0 Å². The molecule has 0 bridgehead atoms. The van der Waals surface area contributed by atoms with Gasteiger partial charge in [0, 0.05) is 24.3 Å². The van der Waals surface area contributed by atoms with Gasteiger partial charge in [-0.25, -0.2) is 0 Å². The van der Waals surface area contributed by atoms with Gasteiger partial charge < -0.3 is 0 Å². The van der Waals surface area contributed by atoms with Crippen molar-refractivity contribution in [2.24, 2.45) is 0 Å². The van der Waals surface area contributed by atoms with E-state index in [1.807, 2.05) is 48.5 Å². The molecular weight excluding hydrogens is 364 g/mol. The molecule has 2 aromatic carbocycles. The number of fused-ring (bicyclic) bond motifs is 2. The first-order chi connectivity index (χ1) is 13.2. The highest BCUT2D eigenvalue weighted by Crippen LogP contribution is 2.14. The van der Waals surface area contributed by atoms with Crippen molar-refractivity contribution in [1.82, 2.24) is 30.0 Å². The molecule has 0 aliphatic heterocycles. The molecular formula is C18H16N6O2S. The van der Waals surface area contributed by atoms with Gasteiger partial charge in [-0.2, -0.15) is 21.1 Å². The molecule has 0 radical (unpaired) electrons. The number of para-hydroxylation sites is 2. The van der Waals surface area contributed by atoms with Gasteiger partial charge in [-0.1, -0.05) is 34.7 Å². The van der Waals surface area contributed by atoms with Crippen LogP contribution >= 0.6 is 11.8 Å². The van der Waals surface area contributed by atoms with Crippen molar-refractivity contribution in [3.8, 4) is 0 Å². The summed E-state index contributed by atoms with van der Waals surface area (Å²) in [5.74, 6) is 1.01. The first-order valence-electron chi connectivity index (χ1n) is 8.49. The minimum atomic E-state index is -0.107. The Kier molecular flexibility index (Phi) is 4.93. The number of aromatic nitrogens is 6. The van der Waals surface area contributed by atoms with Crippen LogP contribution in [-0.4, -0.2) is 53.3 Å². The van der Waals surface area contributed by atoms with Crippen LogP contribution in [0.2, 0.25) is 0 Å². The van der Waals surface area contributed by atoms with Crippen LogP contribution in [0.25, 0.3) is 22.1 Å². The summed E-state index contributed by atoms with van der Waals surface area (Å²) in [4.78, 5) is 24.6. The van der Waals surface area contributed by atoms with E-state index in [1.54, 1.807) is 11.8 Å². The minimum Gasteiger partial charge on any atom is -0.272 e. The van der Waals surface area contributed by atoms with E-state index in [0.717, 1.165) is 0 Å². The van der Waals surface area contributed by atoms with E-state index < -0.39 is 0 Å². The van der Waals surface area contributed by atoms with E-state index in [1.165, 1.54) is 9.36 Å². The molecule has 4 rings (SSSR count). The van der Waals surface area contributed by atoms with Crippen LogP contribution in [0.5, 0.6) is 0 Å². The molecule has 136 valence electrons. The third-order valence-electron chi connectivity index (χ3n) is 4.10. The fourth-order valence-electron chi connectivity index (χ4n) is 2.74. The molecule has 2 heterocycles. The molecule has 9 heteroatoms. The molecule has 0 N–H and O–H groups in total. The van der Waals surface area contributed by atoms with Crippen molar-refractivity contribution in [2.45, 2.75) is 12.8 Å². The molecule has 4 aromatic rings. The number of hydrogen-bond donors (Lipinski definition) is 0. The monoisotopic (exact) mass is 380 g/mol. The van der Waals surface area contributed by atoms with Crippen LogP contribution in [-0.2, 0) is 0 Å². The van der Waals surface area contributed by atoms with Crippen LogP contribution in [0.1, 0.15) is 22.4 Å². The number of carbonyl (C=O) groups excluding carboxylic acids is 2. The lowest BCUT2D eigenvalue weighted by atomic mass is 10.3. The number of carbonyl (C=O) groups is 2. The molecule has 0 amide bonds. The number of nitrogens with zero attached hydrogens (tertiary/aromatic N) is 6. The molecule has 0 saturated heterocycles. The molecule has 0 fully saturated rings. The van der Waals surface area contributed by atoms with Gasteiger partial charge in [0.25, 0.3) is 0 Å². The summed E-state index contributed by atoms with van der Waals surface area (Å²) in [7, 11) is 0. The Labute approximate surface area is 158 Å². The largest absolute Gasteiger partial charge is 0.272 e. The Bertz CT molecular complexity index is 1030. The van der Waals surface area contributed by atoms with E-state index in [9.17, 15) is 9.59 Å². The van der Waals surface area contributed by atoms with E-state index in [-0.39, 0.29) is 11.8 Å². The van der Waals surface area contributed by atoms with Gasteiger partial charge in [0.15, 0.2) is 0 Å². The van der Waals surface area contributed by atoms with E-state index >= 15 is 0 Å². The number of thioether (sulfide) groups is 1. The van der Waals surface area contributed by atoms with Crippen LogP contribution in [0.4, 0.5) is 0 Å². The summed E-state index contributed by atoms with van der Waals surface area (Å²) in [6.07, 6.45) is 0.664. The Morgan fingerprint density at radius 3 is 1.67 bits per heavy atom. The van der Waals surface area contributed by atoms with Crippen LogP contribution < -0.4 is 0 Å². The zero-order valence-electron chi connectivity index (χ0n) is 14.4. The van der Waals surface area contributed by atoms with Gasteiger partial charge in [0.05, 0.1) is 11.0 Å². The topological polar surface area (TPSA) is 95.6 Å². The van der Waals surface area contributed by atoms with Crippen LogP contribution in [0, 0.1) is 0 Å². The van der Waals surface area contributed by atoms with E-state index in [0.29, 0.717) is 46.4 Å². The molecule has 0 aliphatic rings. The molecule has 0 spiro atoms. The van der Waals surface area contributed by atoms with Gasteiger partial charge >= 0.3 is 0 Å². The Morgan fingerprint density at radius 1 is 0.741 bits per heavy atom. The van der Waals surface area contributed by atoms with Gasteiger partial charge in [0.1, 0.15) is 11.0 Å². The minimum absolute atomic E-state index is 0.107. The zero-order valence-corrected chi connectivity index (χ0v) is 15.2. The van der Waals surface area contributed by atoms with Gasteiger partial charge in [-0.05, 0) is 24.3 Å². The molecule has 2 aromatic heterocycles. The Balaban J connectivity index is 1.27. The predicted molar refractivity (Wildman–Crippen MR) is 103 cm³/mol. The Hall–Kier alpha value is -3.07. The normalized spacial score (nSPS) is 11.3. The molecule has 0 saturated carbocycles. The standard InChI is InChI=1S/C18H16N6O2S/c25-17(23-15-7-3-1-5-13(15)19-21-23)9-11-27-12-10-18(26)24-16-8-4-2-6-14(16)20-22-24/h1-8H,9-12H2. The summed E-state index contributed by atoms with van der Waals surface area (Å²) in [6.45, 7) is 0. The summed E-state index contributed by atoms with van der Waals surface area (Å²) in [6, 6.07) is 14.7. The average Bonchev–Trinajstić information content (AvgIpc) is 3.32. The maximum atomic E-state index is 12.3. The van der Waals surface area contributed by atoms with E-state index in [2.05, 4.69) is 20.6 Å². The molecule has 0 aliphatic carbocycles. The highest BCUT2D eigenvalue weighted by atomic mass is 32.2. The molecule has 27 heavy (non-hydrogen) atoms. The van der Waals surface area contributed by atoms with Crippen molar-refractivity contribution < 1.29 is 9.59 Å². The van der Waals surface area contributed by atoms with Crippen molar-refractivity contribution in [2.75, 3.05) is 11.5 Å². The first kappa shape index (κ1) is 17.3. The van der Waals surface area contributed by atoms with Gasteiger partial charge in [-0.15, -0.1) is 10.2 Å². The number of hydrogen-bond acceptors (Lipinski definition) is 7. The third kappa shape index (κ3) is 3.59. The van der Waals surface area contributed by atoms with E-state index in [4.69, 9.17) is 0 Å². The Morgan fingerprint density at radius 2 is 1.19 bits per heavy atom. The van der Waals surface area contributed by atoms with Crippen LogP contribution in [0.15, 0.2) is 48.5 Å². The van der Waals surface area contributed by atoms with Crippen molar-refractivity contribution in [3.05, 3.63) is 48.5 Å². The lowest BCUT2D eigenvalue weighted by molar-refractivity contribution is 0.0891. The van der Waals surface area contributed by atoms with Crippen LogP contribution in [0.3, 0.4) is 0 Å². The van der Waals surface area contributed by atoms with Gasteiger partial charge in [0.2, 0.25) is 11.8 Å². The van der Waals surface area contributed by atoms with Crippen molar-refractivity contribution >= 4 is 45.6 Å². The highest BCUT2D eigenvalue weighted by Gasteiger charge is 2.13. The SMILES string of the molecule is O=C(CCSCCC(=O)n1nnc2ccccc21)n1nnc2ccccc21. The maximum Gasteiger partial charge on any atom is 0.249 e. The summed E-state index contributed by atoms with van der Waals surface area (Å²) in [5.41, 5.74) is 2.81. The lowest BCUT2D eigenvalue weighted by Gasteiger charge is -2.03. The van der Waals surface area contributed by atoms with Crippen molar-refractivity contribution in [1.29, 1.82) is 0 Å². The summed E-state index contributed by atoms with van der Waals surface area (Å²) >= 11 is 1.55. The first-order valence-corrected chi connectivity index (χ1v) is 9.64. The van der Waals surface area contributed by atoms with Gasteiger partial charge in [-0.3, -0.25) is 9.59 Å². The molecule has 8 nitrogen and oxygen atoms in total. The summed E-state index contributed by atoms with van der Waals surface area (Å²) in [5, 5.41) is 15.8. The second-order valence-corrected chi connectivity index (χ2v) is 7.10. The smallest absolute Gasteiger partial charge is 0.249 e. The predicted octanol–water partition coefficient (Wildman–Crippen LogP) is 2.67. The third-order valence-corrected chi connectivity index (χ3v) is 5.08. The fraction of sp³-hybridized carbons (Fsp3) is 0.222. The highest BCUT2D eigenvalue weighted by molar-refractivity contribution is 7.99. The average molecular weight is 380 g/mol. The second kappa shape index (κ2) is 7.67. The maximum absolute atomic E-state index is 12.3. The second-order valence-electron chi connectivity index (χ2n) is 5.88. The fourth-order valence-corrected chi connectivity index (χ4v) is 3.58. The molecule has 0 atom stereocenters. The number of rotatable bonds is 6. The zero-order chi connectivity index (χ0) is 18.6.